The van der Waals surface area contributed by atoms with Crippen LogP contribution in [0.4, 0.5) is 5.82 Å². The molecule has 1 heterocycles. The Kier molecular flexibility index (Phi) is 4.05. The van der Waals surface area contributed by atoms with E-state index < -0.39 is 5.97 Å². The van der Waals surface area contributed by atoms with Gasteiger partial charge in [-0.15, -0.1) is 0 Å². The van der Waals surface area contributed by atoms with E-state index in [2.05, 4.69) is 10.3 Å². The number of carboxylic acid groups (broad SMARTS) is 1. The molecule has 1 rings (SSSR count). The number of aliphatic hydroxyl groups is 1. The Bertz CT molecular complexity index is 337. The third-order valence-electron chi connectivity index (χ3n) is 2.03. The van der Waals surface area contributed by atoms with Gasteiger partial charge in [0.25, 0.3) is 0 Å². The minimum Gasteiger partial charge on any atom is -0.477 e. The van der Waals surface area contributed by atoms with Crippen LogP contribution in [-0.4, -0.2) is 33.8 Å². The van der Waals surface area contributed by atoms with Crippen molar-refractivity contribution in [2.75, 3.05) is 11.9 Å². The summed E-state index contributed by atoms with van der Waals surface area (Å²) in [7, 11) is 0. The lowest BCUT2D eigenvalue weighted by Crippen LogP contribution is -2.23. The Hall–Kier alpha value is -1.62. The highest BCUT2D eigenvalue weighted by Gasteiger charge is 2.08. The first kappa shape index (κ1) is 11.5. The standard InChI is InChI=1S/C10H14N2O3/c1-2-7(6-13)11-9-5-3-4-8(12-9)10(14)15/h3-5,7,13H,2,6H2,1H3,(H,11,12)(H,14,15). The maximum absolute atomic E-state index is 10.6. The quantitative estimate of drug-likeness (QED) is 0.674. The molecule has 1 unspecified atom stereocenters. The molecular weight excluding hydrogens is 196 g/mol. The van der Waals surface area contributed by atoms with Crippen molar-refractivity contribution in [3.63, 3.8) is 0 Å². The van der Waals surface area contributed by atoms with Crippen molar-refractivity contribution >= 4 is 11.8 Å². The number of nitrogens with zero attached hydrogens (tertiary/aromatic N) is 1. The molecule has 0 aliphatic rings. The molecule has 82 valence electrons. The highest BCUT2D eigenvalue weighted by molar-refractivity contribution is 5.85. The molecular formula is C10H14N2O3. The number of nitrogens with one attached hydrogen (secondary N) is 1. The van der Waals surface area contributed by atoms with Gasteiger partial charge >= 0.3 is 5.97 Å². The number of aromatic nitrogens is 1. The molecule has 1 aromatic heterocycles. The van der Waals surface area contributed by atoms with Crippen LogP contribution in [0.3, 0.4) is 0 Å². The molecule has 0 aliphatic heterocycles. The van der Waals surface area contributed by atoms with E-state index in [1.54, 1.807) is 12.1 Å². The van der Waals surface area contributed by atoms with Gasteiger partial charge in [-0.2, -0.15) is 0 Å². The molecule has 0 saturated carbocycles. The summed E-state index contributed by atoms with van der Waals surface area (Å²) in [6, 6.07) is 4.61. The molecule has 15 heavy (non-hydrogen) atoms. The highest BCUT2D eigenvalue weighted by atomic mass is 16.4. The molecule has 0 spiro atoms. The average Bonchev–Trinajstić information content (AvgIpc) is 2.26. The number of rotatable bonds is 5. The van der Waals surface area contributed by atoms with E-state index in [-0.39, 0.29) is 18.3 Å². The van der Waals surface area contributed by atoms with E-state index >= 15 is 0 Å². The minimum absolute atomic E-state index is 0.00449. The van der Waals surface area contributed by atoms with Gasteiger partial charge in [-0.1, -0.05) is 13.0 Å². The zero-order valence-electron chi connectivity index (χ0n) is 8.47. The second kappa shape index (κ2) is 5.31. The molecule has 0 bridgehead atoms. The predicted octanol–water partition coefficient (Wildman–Crippen LogP) is 0.963. The monoisotopic (exact) mass is 210 g/mol. The normalized spacial score (nSPS) is 12.1. The number of aliphatic hydroxyl groups excluding tert-OH is 1. The Balaban J connectivity index is 2.77. The molecule has 0 amide bonds. The van der Waals surface area contributed by atoms with E-state index in [0.29, 0.717) is 5.82 Å². The molecule has 0 saturated heterocycles. The lowest BCUT2D eigenvalue weighted by atomic mass is 10.2. The number of hydrogen-bond acceptors (Lipinski definition) is 4. The Morgan fingerprint density at radius 3 is 2.87 bits per heavy atom. The highest BCUT2D eigenvalue weighted by Crippen LogP contribution is 2.07. The molecule has 1 aromatic rings. The fourth-order valence-corrected chi connectivity index (χ4v) is 1.12. The first-order valence-electron chi connectivity index (χ1n) is 4.75. The van der Waals surface area contributed by atoms with Crippen molar-refractivity contribution in [1.29, 1.82) is 0 Å². The summed E-state index contributed by atoms with van der Waals surface area (Å²) < 4.78 is 0. The van der Waals surface area contributed by atoms with E-state index in [0.717, 1.165) is 6.42 Å². The number of pyridine rings is 1. The maximum Gasteiger partial charge on any atom is 0.354 e. The van der Waals surface area contributed by atoms with Gasteiger partial charge in [0, 0.05) is 0 Å². The molecule has 5 nitrogen and oxygen atoms in total. The smallest absolute Gasteiger partial charge is 0.354 e. The van der Waals surface area contributed by atoms with Crippen molar-refractivity contribution < 1.29 is 15.0 Å². The molecule has 3 N–H and O–H groups in total. The van der Waals surface area contributed by atoms with Gasteiger partial charge in [-0.25, -0.2) is 9.78 Å². The second-order valence-corrected chi connectivity index (χ2v) is 3.15. The van der Waals surface area contributed by atoms with Crippen LogP contribution in [0.5, 0.6) is 0 Å². The second-order valence-electron chi connectivity index (χ2n) is 3.15. The largest absolute Gasteiger partial charge is 0.477 e. The first-order valence-corrected chi connectivity index (χ1v) is 4.75. The van der Waals surface area contributed by atoms with Crippen LogP contribution < -0.4 is 5.32 Å². The van der Waals surface area contributed by atoms with Crippen molar-refractivity contribution in [2.24, 2.45) is 0 Å². The summed E-state index contributed by atoms with van der Waals surface area (Å²) >= 11 is 0. The third-order valence-corrected chi connectivity index (χ3v) is 2.03. The Morgan fingerprint density at radius 1 is 1.60 bits per heavy atom. The number of carbonyl (C=O) groups is 1. The van der Waals surface area contributed by atoms with E-state index in [1.165, 1.54) is 6.07 Å². The van der Waals surface area contributed by atoms with Crippen molar-refractivity contribution in [2.45, 2.75) is 19.4 Å². The number of hydrogen-bond donors (Lipinski definition) is 3. The van der Waals surface area contributed by atoms with E-state index in [9.17, 15) is 4.79 Å². The first-order chi connectivity index (χ1) is 7.17. The molecule has 1 atom stereocenters. The van der Waals surface area contributed by atoms with Crippen molar-refractivity contribution in [1.82, 2.24) is 4.98 Å². The Labute approximate surface area is 87.8 Å². The van der Waals surface area contributed by atoms with Crippen LogP contribution in [0.1, 0.15) is 23.8 Å². The van der Waals surface area contributed by atoms with Crippen molar-refractivity contribution in [3.05, 3.63) is 23.9 Å². The minimum atomic E-state index is -1.06. The van der Waals surface area contributed by atoms with Gasteiger partial charge in [0.15, 0.2) is 5.69 Å². The molecule has 5 heteroatoms. The van der Waals surface area contributed by atoms with Crippen LogP contribution in [0.15, 0.2) is 18.2 Å². The number of anilines is 1. The number of carboxylic acids is 1. The van der Waals surface area contributed by atoms with Gasteiger partial charge in [0.2, 0.25) is 0 Å². The third kappa shape index (κ3) is 3.21. The average molecular weight is 210 g/mol. The Morgan fingerprint density at radius 2 is 2.33 bits per heavy atom. The fourth-order valence-electron chi connectivity index (χ4n) is 1.12. The molecule has 0 fully saturated rings. The number of aromatic carboxylic acids is 1. The zero-order chi connectivity index (χ0) is 11.3. The van der Waals surface area contributed by atoms with Crippen LogP contribution in [-0.2, 0) is 0 Å². The van der Waals surface area contributed by atoms with Gasteiger partial charge in [0.05, 0.1) is 12.6 Å². The van der Waals surface area contributed by atoms with Gasteiger partial charge < -0.3 is 15.5 Å². The van der Waals surface area contributed by atoms with E-state index in [1.807, 2.05) is 6.92 Å². The SMILES string of the molecule is CCC(CO)Nc1cccc(C(=O)O)n1. The summed E-state index contributed by atoms with van der Waals surface area (Å²) in [6.07, 6.45) is 0.746. The van der Waals surface area contributed by atoms with Crippen molar-refractivity contribution in [3.8, 4) is 0 Å². The molecule has 0 aromatic carbocycles. The summed E-state index contributed by atoms with van der Waals surface area (Å²) in [4.78, 5) is 14.5. The summed E-state index contributed by atoms with van der Waals surface area (Å²) in [5, 5.41) is 20.6. The molecule has 0 radical (unpaired) electrons. The summed E-state index contributed by atoms with van der Waals surface area (Å²) in [6.45, 7) is 1.92. The molecule has 0 aliphatic carbocycles. The summed E-state index contributed by atoms with van der Waals surface area (Å²) in [5.74, 6) is -0.591. The van der Waals surface area contributed by atoms with Gasteiger partial charge in [-0.3, -0.25) is 0 Å². The van der Waals surface area contributed by atoms with Gasteiger partial charge in [-0.05, 0) is 18.6 Å². The lowest BCUT2D eigenvalue weighted by molar-refractivity contribution is 0.0690. The summed E-state index contributed by atoms with van der Waals surface area (Å²) in [5.41, 5.74) is -0.00667. The maximum atomic E-state index is 10.6. The van der Waals surface area contributed by atoms with Crippen LogP contribution in [0, 0.1) is 0 Å². The van der Waals surface area contributed by atoms with Crippen LogP contribution in [0.2, 0.25) is 0 Å². The van der Waals surface area contributed by atoms with E-state index in [4.69, 9.17) is 10.2 Å². The van der Waals surface area contributed by atoms with Gasteiger partial charge in [0.1, 0.15) is 5.82 Å². The lowest BCUT2D eigenvalue weighted by Gasteiger charge is -2.14. The van der Waals surface area contributed by atoms with Crippen LogP contribution in [0.25, 0.3) is 0 Å². The topological polar surface area (TPSA) is 82.5 Å². The van der Waals surface area contributed by atoms with Crippen LogP contribution >= 0.6 is 0 Å². The fraction of sp³-hybridized carbons (Fsp3) is 0.400. The zero-order valence-corrected chi connectivity index (χ0v) is 8.47. The predicted molar refractivity (Wildman–Crippen MR) is 56.0 cm³/mol.